The van der Waals surface area contributed by atoms with Crippen LogP contribution in [0.15, 0.2) is 66.9 Å². The third-order valence-electron chi connectivity index (χ3n) is 6.41. The molecule has 0 saturated heterocycles. The molecule has 4 rings (SSSR count). The van der Waals surface area contributed by atoms with Crippen LogP contribution in [0.5, 0.6) is 5.75 Å². The number of aromatic nitrogens is 2. The van der Waals surface area contributed by atoms with Crippen molar-refractivity contribution in [1.29, 1.82) is 0 Å². The number of ether oxygens (including phenoxy) is 1. The number of unbranched alkanes of at least 4 members (excludes halogenated alkanes) is 5. The van der Waals surface area contributed by atoms with Crippen molar-refractivity contribution in [3.05, 3.63) is 78.0 Å². The average Bonchev–Trinajstić information content (AvgIpc) is 2.88. The van der Waals surface area contributed by atoms with Crippen molar-refractivity contribution in [2.24, 2.45) is 0 Å². The Bertz CT molecular complexity index is 1200. The Morgan fingerprint density at radius 2 is 1.50 bits per heavy atom. The van der Waals surface area contributed by atoms with Crippen molar-refractivity contribution in [3.8, 4) is 28.3 Å². The van der Waals surface area contributed by atoms with Crippen LogP contribution in [-0.2, 0) is 6.42 Å². The Hall–Kier alpha value is -3.20. The summed E-state index contributed by atoms with van der Waals surface area (Å²) in [7, 11) is 0. The molecule has 0 spiro atoms. The third kappa shape index (κ3) is 6.02. The fourth-order valence-electron chi connectivity index (χ4n) is 4.37. The second-order valence-electron chi connectivity index (χ2n) is 9.11. The van der Waals surface area contributed by atoms with Crippen LogP contribution in [0.25, 0.3) is 33.4 Å². The van der Waals surface area contributed by atoms with E-state index >= 15 is 0 Å². The normalized spacial score (nSPS) is 11.1. The van der Waals surface area contributed by atoms with Crippen molar-refractivity contribution in [3.63, 3.8) is 0 Å². The molecule has 2 heterocycles. The van der Waals surface area contributed by atoms with Crippen molar-refractivity contribution >= 4 is 10.9 Å². The Balaban J connectivity index is 1.40. The largest absolute Gasteiger partial charge is 0.494 e. The summed E-state index contributed by atoms with van der Waals surface area (Å²) in [6, 6.07) is 21.2. The summed E-state index contributed by atoms with van der Waals surface area (Å²) >= 11 is 0. The standard InChI is InChI=1S/C31H36N2O/c1-4-6-7-8-9-10-19-34-27-15-12-25(13-16-27)26-14-18-30(32-22-26)31-21-24(5-2)28-20-23(3)11-17-29(28)33-31/h11-18,20-22H,4-10,19H2,1-3H3. The van der Waals surface area contributed by atoms with Gasteiger partial charge < -0.3 is 4.74 Å². The van der Waals surface area contributed by atoms with Gasteiger partial charge in [0.1, 0.15) is 5.75 Å². The summed E-state index contributed by atoms with van der Waals surface area (Å²) in [4.78, 5) is 9.63. The van der Waals surface area contributed by atoms with Crippen LogP contribution in [-0.4, -0.2) is 16.6 Å². The van der Waals surface area contributed by atoms with Crippen LogP contribution in [0.1, 0.15) is 63.5 Å². The SMILES string of the molecule is CCCCCCCCOc1ccc(-c2ccc(-c3cc(CC)c4cc(C)ccc4n3)nc2)cc1. The second kappa shape index (κ2) is 11.8. The molecule has 0 aliphatic rings. The lowest BCUT2D eigenvalue weighted by molar-refractivity contribution is 0.304. The highest BCUT2D eigenvalue weighted by Crippen LogP contribution is 2.27. The zero-order valence-corrected chi connectivity index (χ0v) is 20.8. The fraction of sp³-hybridized carbons (Fsp3) is 0.355. The number of hydrogen-bond acceptors (Lipinski definition) is 3. The summed E-state index contributed by atoms with van der Waals surface area (Å²) in [5.74, 6) is 0.935. The summed E-state index contributed by atoms with van der Waals surface area (Å²) in [6.07, 6.45) is 10.6. The van der Waals surface area contributed by atoms with E-state index in [9.17, 15) is 0 Å². The van der Waals surface area contributed by atoms with Crippen LogP contribution in [0, 0.1) is 6.92 Å². The predicted octanol–water partition coefficient (Wildman–Crippen LogP) is 8.57. The Morgan fingerprint density at radius 3 is 2.24 bits per heavy atom. The minimum absolute atomic E-state index is 0.791. The number of rotatable bonds is 11. The van der Waals surface area contributed by atoms with Crippen LogP contribution in [0.3, 0.4) is 0 Å². The Kier molecular flexibility index (Phi) is 8.30. The van der Waals surface area contributed by atoms with Gasteiger partial charge in [-0.25, -0.2) is 4.98 Å². The predicted molar refractivity (Wildman–Crippen MR) is 143 cm³/mol. The first-order chi connectivity index (χ1) is 16.7. The number of nitrogens with zero attached hydrogens (tertiary/aromatic N) is 2. The molecule has 0 amide bonds. The van der Waals surface area contributed by atoms with Gasteiger partial charge in [-0.1, -0.05) is 75.8 Å². The van der Waals surface area contributed by atoms with E-state index in [4.69, 9.17) is 14.7 Å². The lowest BCUT2D eigenvalue weighted by Gasteiger charge is -2.10. The van der Waals surface area contributed by atoms with Gasteiger partial charge in [0, 0.05) is 17.1 Å². The van der Waals surface area contributed by atoms with E-state index < -0.39 is 0 Å². The molecule has 176 valence electrons. The highest BCUT2D eigenvalue weighted by molar-refractivity contribution is 5.85. The molecule has 34 heavy (non-hydrogen) atoms. The van der Waals surface area contributed by atoms with Gasteiger partial charge in [-0.15, -0.1) is 0 Å². The molecule has 0 fully saturated rings. The molecular weight excluding hydrogens is 416 g/mol. The molecule has 4 aromatic rings. The van der Waals surface area contributed by atoms with Gasteiger partial charge in [0.25, 0.3) is 0 Å². The van der Waals surface area contributed by atoms with Crippen LogP contribution in [0.4, 0.5) is 0 Å². The van der Waals surface area contributed by atoms with E-state index in [1.54, 1.807) is 0 Å². The molecule has 0 unspecified atom stereocenters. The smallest absolute Gasteiger partial charge is 0.119 e. The number of aryl methyl sites for hydroxylation is 2. The van der Waals surface area contributed by atoms with Crippen LogP contribution >= 0.6 is 0 Å². The van der Waals surface area contributed by atoms with E-state index in [1.165, 1.54) is 48.6 Å². The van der Waals surface area contributed by atoms with Crippen LogP contribution in [0.2, 0.25) is 0 Å². The number of hydrogen-bond donors (Lipinski definition) is 0. The minimum atomic E-state index is 0.791. The molecule has 0 atom stereocenters. The zero-order chi connectivity index (χ0) is 23.8. The fourth-order valence-corrected chi connectivity index (χ4v) is 4.37. The van der Waals surface area contributed by atoms with Gasteiger partial charge in [0.05, 0.1) is 23.5 Å². The molecule has 0 aliphatic heterocycles. The molecule has 0 bridgehead atoms. The molecule has 0 radical (unpaired) electrons. The first-order valence-corrected chi connectivity index (χ1v) is 12.8. The molecular formula is C31H36N2O. The van der Waals surface area contributed by atoms with Crippen LogP contribution < -0.4 is 4.74 Å². The van der Waals surface area contributed by atoms with Crippen molar-refractivity contribution in [2.45, 2.75) is 65.7 Å². The maximum Gasteiger partial charge on any atom is 0.119 e. The zero-order valence-electron chi connectivity index (χ0n) is 20.8. The van der Waals surface area contributed by atoms with E-state index in [1.807, 2.05) is 6.20 Å². The first-order valence-electron chi connectivity index (χ1n) is 12.8. The second-order valence-corrected chi connectivity index (χ2v) is 9.11. The topological polar surface area (TPSA) is 35.0 Å². The van der Waals surface area contributed by atoms with E-state index in [0.717, 1.165) is 53.2 Å². The molecule has 0 saturated carbocycles. The van der Waals surface area contributed by atoms with Gasteiger partial charge in [0.2, 0.25) is 0 Å². The van der Waals surface area contributed by atoms with E-state index in [-0.39, 0.29) is 0 Å². The Morgan fingerprint density at radius 1 is 0.735 bits per heavy atom. The highest BCUT2D eigenvalue weighted by Gasteiger charge is 2.09. The quantitative estimate of drug-likeness (QED) is 0.214. The third-order valence-corrected chi connectivity index (χ3v) is 6.41. The first kappa shape index (κ1) is 23.9. The number of pyridine rings is 2. The monoisotopic (exact) mass is 452 g/mol. The highest BCUT2D eigenvalue weighted by atomic mass is 16.5. The van der Waals surface area contributed by atoms with Gasteiger partial charge >= 0.3 is 0 Å². The van der Waals surface area contributed by atoms with Gasteiger partial charge in [-0.3, -0.25) is 4.98 Å². The van der Waals surface area contributed by atoms with E-state index in [0.29, 0.717) is 0 Å². The summed E-state index contributed by atoms with van der Waals surface area (Å²) in [5, 5.41) is 1.24. The molecule has 3 heteroatoms. The molecule has 2 aromatic carbocycles. The van der Waals surface area contributed by atoms with Crippen molar-refractivity contribution in [2.75, 3.05) is 6.61 Å². The lowest BCUT2D eigenvalue weighted by Crippen LogP contribution is -1.97. The molecule has 2 aromatic heterocycles. The van der Waals surface area contributed by atoms with Crippen molar-refractivity contribution < 1.29 is 4.74 Å². The lowest BCUT2D eigenvalue weighted by atomic mass is 10.0. The summed E-state index contributed by atoms with van der Waals surface area (Å²) in [5.41, 5.74) is 7.67. The van der Waals surface area contributed by atoms with Gasteiger partial charge in [0.15, 0.2) is 0 Å². The maximum atomic E-state index is 5.92. The number of benzene rings is 2. The molecule has 0 N–H and O–H groups in total. The minimum Gasteiger partial charge on any atom is -0.494 e. The molecule has 0 aliphatic carbocycles. The summed E-state index contributed by atoms with van der Waals surface area (Å²) < 4.78 is 5.92. The van der Waals surface area contributed by atoms with Gasteiger partial charge in [-0.2, -0.15) is 0 Å². The average molecular weight is 453 g/mol. The van der Waals surface area contributed by atoms with Crippen molar-refractivity contribution in [1.82, 2.24) is 9.97 Å². The maximum absolute atomic E-state index is 5.92. The van der Waals surface area contributed by atoms with Gasteiger partial charge in [-0.05, 0) is 67.3 Å². The van der Waals surface area contributed by atoms with E-state index in [2.05, 4.69) is 81.4 Å². The Labute approximate surface area is 204 Å². The summed E-state index contributed by atoms with van der Waals surface area (Å²) in [6.45, 7) is 7.36. The molecule has 3 nitrogen and oxygen atoms in total. The number of fused-ring (bicyclic) bond motifs is 1.